The number of carbonyl (C=O) groups excluding carboxylic acids is 1. The molecule has 1 amide bonds. The smallest absolute Gasteiger partial charge is 0.305 e. The van der Waals surface area contributed by atoms with Crippen LogP contribution in [0.4, 0.5) is 5.69 Å². The van der Waals surface area contributed by atoms with Crippen LogP contribution in [0.15, 0.2) is 66.9 Å². The summed E-state index contributed by atoms with van der Waals surface area (Å²) in [5, 5.41) is 11.3. The van der Waals surface area contributed by atoms with Crippen LogP contribution in [0.1, 0.15) is 30.1 Å². The van der Waals surface area contributed by atoms with Crippen LogP contribution >= 0.6 is 0 Å². The molecule has 8 heteroatoms. The molecule has 1 aliphatic heterocycles. The van der Waals surface area contributed by atoms with Crippen LogP contribution in [0.3, 0.4) is 0 Å². The van der Waals surface area contributed by atoms with Crippen LogP contribution in [0.2, 0.25) is 0 Å². The third-order valence-electron chi connectivity index (χ3n) is 5.11. The normalized spacial score (nSPS) is 15.7. The van der Waals surface area contributed by atoms with Crippen LogP contribution in [0.5, 0.6) is 17.4 Å². The average Bonchev–Trinajstić information content (AvgIpc) is 2.80. The molecule has 0 saturated heterocycles. The molecule has 0 bridgehead atoms. The van der Waals surface area contributed by atoms with Gasteiger partial charge in [0, 0.05) is 6.07 Å². The van der Waals surface area contributed by atoms with E-state index in [1.54, 1.807) is 12.1 Å². The molecule has 4 N–H and O–H groups in total. The third kappa shape index (κ3) is 5.22. The topological polar surface area (TPSA) is 124 Å². The fourth-order valence-corrected chi connectivity index (χ4v) is 3.48. The van der Waals surface area contributed by atoms with E-state index in [2.05, 4.69) is 22.4 Å². The standard InChI is InChI=1S/C24H23N3O5/c25-19(13-23(28)29)24(30)27-17-7-11-22(26-14-17)31-18-8-10-21-16(12-18)6-9-20(32-21)15-4-2-1-3-5-15/h1-5,7-8,10-12,14,19-20H,6,9,13,25H2,(H,27,30)(H,28,29). The number of nitrogens with zero attached hydrogens (tertiary/aromatic N) is 1. The van der Waals surface area contributed by atoms with Gasteiger partial charge in [-0.15, -0.1) is 0 Å². The van der Waals surface area contributed by atoms with E-state index in [1.165, 1.54) is 11.8 Å². The Bertz CT molecular complexity index is 1100. The van der Waals surface area contributed by atoms with Crippen molar-refractivity contribution in [1.29, 1.82) is 0 Å². The van der Waals surface area contributed by atoms with Crippen molar-refractivity contribution in [3.8, 4) is 17.4 Å². The van der Waals surface area contributed by atoms with E-state index < -0.39 is 24.3 Å². The molecule has 3 aromatic rings. The fourth-order valence-electron chi connectivity index (χ4n) is 3.48. The summed E-state index contributed by atoms with van der Waals surface area (Å²) in [5.41, 5.74) is 8.18. The minimum absolute atomic E-state index is 0.0449. The molecular weight excluding hydrogens is 410 g/mol. The zero-order valence-electron chi connectivity index (χ0n) is 17.2. The van der Waals surface area contributed by atoms with Crippen LogP contribution in [0, 0.1) is 0 Å². The number of rotatable bonds is 7. The van der Waals surface area contributed by atoms with Gasteiger partial charge in [0.2, 0.25) is 11.8 Å². The van der Waals surface area contributed by atoms with Crippen LogP contribution in [-0.4, -0.2) is 28.0 Å². The Morgan fingerprint density at radius 3 is 2.72 bits per heavy atom. The monoisotopic (exact) mass is 433 g/mol. The van der Waals surface area contributed by atoms with E-state index in [0.29, 0.717) is 17.3 Å². The second-order valence-electron chi connectivity index (χ2n) is 7.51. The number of nitrogens with one attached hydrogen (secondary N) is 1. The molecular formula is C24H23N3O5. The number of amides is 1. The van der Waals surface area contributed by atoms with Gasteiger partial charge < -0.3 is 25.6 Å². The number of hydrogen-bond acceptors (Lipinski definition) is 6. The molecule has 8 nitrogen and oxygen atoms in total. The van der Waals surface area contributed by atoms with Gasteiger partial charge >= 0.3 is 5.97 Å². The maximum absolute atomic E-state index is 11.9. The molecule has 164 valence electrons. The lowest BCUT2D eigenvalue weighted by Crippen LogP contribution is -2.37. The van der Waals surface area contributed by atoms with Gasteiger partial charge in [-0.1, -0.05) is 30.3 Å². The molecule has 0 aliphatic carbocycles. The van der Waals surface area contributed by atoms with Gasteiger partial charge in [0.1, 0.15) is 17.6 Å². The number of anilines is 1. The Morgan fingerprint density at radius 2 is 2.00 bits per heavy atom. The van der Waals surface area contributed by atoms with Gasteiger partial charge in [-0.3, -0.25) is 9.59 Å². The third-order valence-corrected chi connectivity index (χ3v) is 5.11. The molecule has 0 saturated carbocycles. The maximum atomic E-state index is 11.9. The van der Waals surface area contributed by atoms with Crippen molar-refractivity contribution in [2.24, 2.45) is 5.73 Å². The van der Waals surface area contributed by atoms with E-state index in [4.69, 9.17) is 20.3 Å². The van der Waals surface area contributed by atoms with Gasteiger partial charge in [0.15, 0.2) is 0 Å². The van der Waals surface area contributed by atoms with E-state index in [1.807, 2.05) is 36.4 Å². The SMILES string of the molecule is NC(CC(=O)O)C(=O)Nc1ccc(Oc2ccc3c(c2)CCC(c2ccccc2)O3)nc1. The van der Waals surface area contributed by atoms with E-state index in [9.17, 15) is 9.59 Å². The van der Waals surface area contributed by atoms with Gasteiger partial charge in [-0.05, 0) is 48.2 Å². The largest absolute Gasteiger partial charge is 0.485 e. The number of ether oxygens (including phenoxy) is 2. The number of nitrogens with two attached hydrogens (primary N) is 1. The first-order valence-corrected chi connectivity index (χ1v) is 10.2. The molecule has 4 rings (SSSR count). The van der Waals surface area contributed by atoms with Crippen molar-refractivity contribution < 1.29 is 24.2 Å². The predicted octanol–water partition coefficient (Wildman–Crippen LogP) is 3.68. The molecule has 1 aromatic heterocycles. The minimum Gasteiger partial charge on any atom is -0.485 e. The highest BCUT2D eigenvalue weighted by Gasteiger charge is 2.22. The van der Waals surface area contributed by atoms with Gasteiger partial charge in [-0.2, -0.15) is 0 Å². The number of fused-ring (bicyclic) bond motifs is 1. The minimum atomic E-state index is -1.14. The van der Waals surface area contributed by atoms with Crippen molar-refractivity contribution in [2.45, 2.75) is 31.4 Å². The quantitative estimate of drug-likeness (QED) is 0.519. The number of aliphatic carboxylic acids is 1. The van der Waals surface area contributed by atoms with Crippen molar-refractivity contribution in [3.63, 3.8) is 0 Å². The zero-order chi connectivity index (χ0) is 22.5. The molecule has 2 unspecified atom stereocenters. The second kappa shape index (κ2) is 9.49. The first kappa shape index (κ1) is 21.3. The molecule has 2 aromatic carbocycles. The summed E-state index contributed by atoms with van der Waals surface area (Å²) in [7, 11) is 0. The van der Waals surface area contributed by atoms with Crippen molar-refractivity contribution in [3.05, 3.63) is 78.0 Å². The summed E-state index contributed by atoms with van der Waals surface area (Å²) in [5.74, 6) is 0.114. The number of aryl methyl sites for hydroxylation is 1. The maximum Gasteiger partial charge on any atom is 0.305 e. The Balaban J connectivity index is 1.37. The number of carboxylic acids is 1. The average molecular weight is 433 g/mol. The molecule has 0 spiro atoms. The van der Waals surface area contributed by atoms with E-state index >= 15 is 0 Å². The summed E-state index contributed by atoms with van der Waals surface area (Å²) in [6, 6.07) is 17.9. The number of benzene rings is 2. The summed E-state index contributed by atoms with van der Waals surface area (Å²) in [4.78, 5) is 26.7. The summed E-state index contributed by atoms with van der Waals surface area (Å²) >= 11 is 0. The number of pyridine rings is 1. The van der Waals surface area contributed by atoms with Crippen molar-refractivity contribution in [1.82, 2.24) is 4.98 Å². The number of carbonyl (C=O) groups is 2. The van der Waals surface area contributed by atoms with Gasteiger partial charge in [-0.25, -0.2) is 4.98 Å². The first-order valence-electron chi connectivity index (χ1n) is 10.2. The highest BCUT2D eigenvalue weighted by Crippen LogP contribution is 2.37. The van der Waals surface area contributed by atoms with Crippen LogP contribution < -0.4 is 20.5 Å². The van der Waals surface area contributed by atoms with Gasteiger partial charge in [0.05, 0.1) is 24.3 Å². The molecule has 32 heavy (non-hydrogen) atoms. The highest BCUT2D eigenvalue weighted by molar-refractivity contribution is 5.96. The fraction of sp³-hybridized carbons (Fsp3) is 0.208. The van der Waals surface area contributed by atoms with Crippen LogP contribution in [0.25, 0.3) is 0 Å². The van der Waals surface area contributed by atoms with Crippen molar-refractivity contribution in [2.75, 3.05) is 5.32 Å². The molecule has 0 radical (unpaired) electrons. The Morgan fingerprint density at radius 1 is 1.19 bits per heavy atom. The Kier molecular flexibility index (Phi) is 6.32. The van der Waals surface area contributed by atoms with Crippen LogP contribution in [-0.2, 0) is 16.0 Å². The lowest BCUT2D eigenvalue weighted by Gasteiger charge is -2.26. The predicted molar refractivity (Wildman–Crippen MR) is 118 cm³/mol. The van der Waals surface area contributed by atoms with Crippen molar-refractivity contribution >= 4 is 17.6 Å². The Hall–Kier alpha value is -3.91. The molecule has 1 aliphatic rings. The Labute approximate surface area is 185 Å². The number of hydrogen-bond donors (Lipinski definition) is 3. The zero-order valence-corrected chi connectivity index (χ0v) is 17.2. The lowest BCUT2D eigenvalue weighted by atomic mass is 9.97. The van der Waals surface area contributed by atoms with Gasteiger partial charge in [0.25, 0.3) is 0 Å². The summed E-state index contributed by atoms with van der Waals surface area (Å²) < 4.78 is 12.0. The second-order valence-corrected chi connectivity index (χ2v) is 7.51. The number of aromatic nitrogens is 1. The summed E-state index contributed by atoms with van der Waals surface area (Å²) in [6.07, 6.45) is 2.78. The van der Waals surface area contributed by atoms with E-state index in [-0.39, 0.29) is 6.10 Å². The number of carboxylic acid groups (broad SMARTS) is 1. The lowest BCUT2D eigenvalue weighted by molar-refractivity contribution is -0.138. The first-order chi connectivity index (χ1) is 15.5. The molecule has 2 heterocycles. The molecule has 2 atom stereocenters. The van der Waals surface area contributed by atoms with E-state index in [0.717, 1.165) is 24.2 Å². The molecule has 0 fully saturated rings. The summed E-state index contributed by atoms with van der Waals surface area (Å²) in [6.45, 7) is 0. The highest BCUT2D eigenvalue weighted by atomic mass is 16.5.